The number of urea groups is 1. The number of carbonyl (C=O) groups excluding carboxylic acids is 1. The van der Waals surface area contributed by atoms with E-state index in [1.165, 1.54) is 6.42 Å². The van der Waals surface area contributed by atoms with Gasteiger partial charge in [-0.3, -0.25) is 0 Å². The van der Waals surface area contributed by atoms with E-state index < -0.39 is 12.0 Å². The standard InChI is InChI=1S/C13H24N2O3S/c1-9(2)7-10(11(16)17)15-12(18)14-8-13(3)5-4-6-19-13/h9-10H,4-8H2,1-3H3,(H,16,17)(H2,14,15,18)/t10-,13?/m1/s1. The molecule has 0 aromatic carbocycles. The molecule has 0 aromatic heterocycles. The molecule has 0 bridgehead atoms. The summed E-state index contributed by atoms with van der Waals surface area (Å²) in [5.74, 6) is 0.375. The highest BCUT2D eigenvalue weighted by molar-refractivity contribution is 8.00. The third kappa shape index (κ3) is 5.72. The molecule has 0 aromatic rings. The maximum absolute atomic E-state index is 11.7. The predicted molar refractivity (Wildman–Crippen MR) is 77.5 cm³/mol. The largest absolute Gasteiger partial charge is 0.480 e. The molecule has 0 saturated carbocycles. The molecule has 1 aliphatic heterocycles. The van der Waals surface area contributed by atoms with Gasteiger partial charge in [-0.05, 0) is 37.9 Å². The van der Waals surface area contributed by atoms with Gasteiger partial charge in [0.1, 0.15) is 6.04 Å². The maximum Gasteiger partial charge on any atom is 0.326 e. The average Bonchev–Trinajstić information content (AvgIpc) is 2.73. The molecule has 6 heteroatoms. The molecule has 2 atom stereocenters. The summed E-state index contributed by atoms with van der Waals surface area (Å²) in [6.45, 7) is 6.59. The summed E-state index contributed by atoms with van der Waals surface area (Å²) in [5.41, 5.74) is 0. The van der Waals surface area contributed by atoms with Crippen molar-refractivity contribution in [2.75, 3.05) is 12.3 Å². The van der Waals surface area contributed by atoms with Crippen molar-refractivity contribution in [1.29, 1.82) is 0 Å². The van der Waals surface area contributed by atoms with Gasteiger partial charge < -0.3 is 15.7 Å². The topological polar surface area (TPSA) is 78.4 Å². The number of carboxylic acids is 1. The Hall–Kier alpha value is -0.910. The van der Waals surface area contributed by atoms with Crippen LogP contribution in [0.1, 0.15) is 40.0 Å². The van der Waals surface area contributed by atoms with Crippen LogP contribution in [0, 0.1) is 5.92 Å². The molecule has 1 rings (SSSR count). The van der Waals surface area contributed by atoms with Crippen LogP contribution >= 0.6 is 11.8 Å². The third-order valence-electron chi connectivity index (χ3n) is 3.23. The Morgan fingerprint density at radius 3 is 2.58 bits per heavy atom. The van der Waals surface area contributed by atoms with E-state index in [1.807, 2.05) is 25.6 Å². The Bertz CT molecular complexity index is 328. The average molecular weight is 288 g/mol. The summed E-state index contributed by atoms with van der Waals surface area (Å²) in [6.07, 6.45) is 2.70. The molecule has 0 spiro atoms. The van der Waals surface area contributed by atoms with Crippen LogP contribution < -0.4 is 10.6 Å². The quantitative estimate of drug-likeness (QED) is 0.699. The van der Waals surface area contributed by atoms with Crippen LogP contribution in [0.15, 0.2) is 0 Å². The molecule has 1 fully saturated rings. The minimum atomic E-state index is -0.981. The van der Waals surface area contributed by atoms with Crippen molar-refractivity contribution in [3.05, 3.63) is 0 Å². The van der Waals surface area contributed by atoms with Crippen LogP contribution in [0.25, 0.3) is 0 Å². The lowest BCUT2D eigenvalue weighted by Crippen LogP contribution is -2.49. The molecule has 5 nitrogen and oxygen atoms in total. The molecule has 0 radical (unpaired) electrons. The Balaban J connectivity index is 2.38. The first-order valence-electron chi connectivity index (χ1n) is 6.73. The van der Waals surface area contributed by atoms with E-state index in [0.29, 0.717) is 13.0 Å². The van der Waals surface area contributed by atoms with Gasteiger partial charge >= 0.3 is 12.0 Å². The number of hydrogen-bond donors (Lipinski definition) is 3. The van der Waals surface area contributed by atoms with Gasteiger partial charge in [0.15, 0.2) is 0 Å². The van der Waals surface area contributed by atoms with Gasteiger partial charge in [0.05, 0.1) is 0 Å². The lowest BCUT2D eigenvalue weighted by Gasteiger charge is -2.24. The van der Waals surface area contributed by atoms with Crippen LogP contribution in [0.5, 0.6) is 0 Å². The van der Waals surface area contributed by atoms with E-state index >= 15 is 0 Å². The smallest absolute Gasteiger partial charge is 0.326 e. The van der Waals surface area contributed by atoms with Gasteiger partial charge in [0, 0.05) is 11.3 Å². The SMILES string of the molecule is CC(C)C[C@@H](NC(=O)NCC1(C)CCCS1)C(=O)O. The summed E-state index contributed by atoms with van der Waals surface area (Å²) >= 11 is 1.86. The number of aliphatic carboxylic acids is 1. The molecule has 19 heavy (non-hydrogen) atoms. The number of rotatable bonds is 6. The van der Waals surface area contributed by atoms with Crippen molar-refractivity contribution in [3.63, 3.8) is 0 Å². The number of hydrogen-bond acceptors (Lipinski definition) is 3. The minimum absolute atomic E-state index is 0.0914. The molecule has 3 N–H and O–H groups in total. The van der Waals surface area contributed by atoms with Crippen LogP contribution in [0.3, 0.4) is 0 Å². The highest BCUT2D eigenvalue weighted by Gasteiger charge is 2.30. The highest BCUT2D eigenvalue weighted by Crippen LogP contribution is 2.36. The fourth-order valence-corrected chi connectivity index (χ4v) is 3.39. The van der Waals surface area contributed by atoms with Gasteiger partial charge in [0.25, 0.3) is 0 Å². The molecule has 1 aliphatic rings. The second kappa shape index (κ2) is 7.03. The number of amides is 2. The molecule has 1 saturated heterocycles. The van der Waals surface area contributed by atoms with Crippen molar-refractivity contribution < 1.29 is 14.7 Å². The number of carboxylic acid groups (broad SMARTS) is 1. The van der Waals surface area contributed by atoms with Crippen molar-refractivity contribution >= 4 is 23.8 Å². The van der Waals surface area contributed by atoms with Crippen molar-refractivity contribution in [1.82, 2.24) is 10.6 Å². The number of carbonyl (C=O) groups is 2. The Labute approximate surface area is 118 Å². The first kappa shape index (κ1) is 16.1. The summed E-state index contributed by atoms with van der Waals surface area (Å²) in [5, 5.41) is 14.4. The van der Waals surface area contributed by atoms with Gasteiger partial charge in [-0.15, -0.1) is 0 Å². The zero-order valence-corrected chi connectivity index (χ0v) is 12.7. The first-order valence-corrected chi connectivity index (χ1v) is 7.72. The van der Waals surface area contributed by atoms with Crippen LogP contribution in [-0.2, 0) is 4.79 Å². The first-order chi connectivity index (χ1) is 8.82. The van der Waals surface area contributed by atoms with Crippen LogP contribution in [0.2, 0.25) is 0 Å². The number of nitrogens with one attached hydrogen (secondary N) is 2. The van der Waals surface area contributed by atoms with Gasteiger partial charge in [0.2, 0.25) is 0 Å². The van der Waals surface area contributed by atoms with E-state index in [9.17, 15) is 9.59 Å². The molecule has 0 aliphatic carbocycles. The second-order valence-electron chi connectivity index (χ2n) is 5.75. The summed E-state index contributed by atoms with van der Waals surface area (Å²) in [7, 11) is 0. The van der Waals surface area contributed by atoms with E-state index in [1.54, 1.807) is 0 Å². The molecular formula is C13H24N2O3S. The van der Waals surface area contributed by atoms with Crippen molar-refractivity contribution in [3.8, 4) is 0 Å². The van der Waals surface area contributed by atoms with Crippen LogP contribution in [0.4, 0.5) is 4.79 Å². The molecule has 1 unspecified atom stereocenters. The van der Waals surface area contributed by atoms with Gasteiger partial charge in [-0.25, -0.2) is 9.59 Å². The normalized spacial score (nSPS) is 24.2. The zero-order chi connectivity index (χ0) is 14.5. The minimum Gasteiger partial charge on any atom is -0.480 e. The summed E-state index contributed by atoms with van der Waals surface area (Å²) in [6, 6.07) is -1.20. The predicted octanol–water partition coefficient (Wildman–Crippen LogP) is 2.07. The third-order valence-corrected chi connectivity index (χ3v) is 4.77. The fraction of sp³-hybridized carbons (Fsp3) is 0.846. The van der Waals surface area contributed by atoms with E-state index in [2.05, 4.69) is 17.6 Å². The Morgan fingerprint density at radius 1 is 1.42 bits per heavy atom. The molecular weight excluding hydrogens is 264 g/mol. The van der Waals surface area contributed by atoms with Crippen LogP contribution in [-0.4, -0.2) is 40.2 Å². The molecule has 2 amide bonds. The van der Waals surface area contributed by atoms with E-state index in [-0.39, 0.29) is 16.7 Å². The fourth-order valence-electron chi connectivity index (χ4n) is 2.15. The zero-order valence-electron chi connectivity index (χ0n) is 11.9. The summed E-state index contributed by atoms with van der Waals surface area (Å²) < 4.78 is 0.0914. The molecule has 110 valence electrons. The van der Waals surface area contributed by atoms with Crippen molar-refractivity contribution in [2.45, 2.75) is 50.8 Å². The Morgan fingerprint density at radius 2 is 2.11 bits per heavy atom. The Kier molecular flexibility index (Phi) is 5.97. The lowest BCUT2D eigenvalue weighted by atomic mass is 10.0. The van der Waals surface area contributed by atoms with Gasteiger partial charge in [-0.1, -0.05) is 13.8 Å². The second-order valence-corrected chi connectivity index (χ2v) is 7.43. The maximum atomic E-state index is 11.7. The van der Waals surface area contributed by atoms with Gasteiger partial charge in [-0.2, -0.15) is 11.8 Å². The van der Waals surface area contributed by atoms with E-state index in [0.717, 1.165) is 12.2 Å². The monoisotopic (exact) mass is 288 g/mol. The van der Waals surface area contributed by atoms with Crippen molar-refractivity contribution in [2.24, 2.45) is 5.92 Å². The molecule has 1 heterocycles. The lowest BCUT2D eigenvalue weighted by molar-refractivity contribution is -0.139. The van der Waals surface area contributed by atoms with E-state index in [4.69, 9.17) is 5.11 Å². The number of thioether (sulfide) groups is 1. The highest BCUT2D eigenvalue weighted by atomic mass is 32.2. The summed E-state index contributed by atoms with van der Waals surface area (Å²) in [4.78, 5) is 22.8.